The first kappa shape index (κ1) is 12.7. The molecule has 3 N–H and O–H groups in total. The number of primary amides is 1. The molecule has 0 bridgehead atoms. The van der Waals surface area contributed by atoms with Crippen molar-refractivity contribution in [1.82, 2.24) is 5.32 Å². The van der Waals surface area contributed by atoms with Crippen molar-refractivity contribution in [3.8, 4) is 0 Å². The van der Waals surface area contributed by atoms with Crippen LogP contribution in [0, 0.1) is 11.8 Å². The summed E-state index contributed by atoms with van der Waals surface area (Å²) < 4.78 is 5.27. The molecule has 0 unspecified atom stereocenters. The Morgan fingerprint density at radius 1 is 1.35 bits per heavy atom. The van der Waals surface area contributed by atoms with Crippen LogP contribution in [-0.4, -0.2) is 18.4 Å². The monoisotopic (exact) mass is 272 g/mol. The molecule has 2 amide bonds. The van der Waals surface area contributed by atoms with Crippen LogP contribution in [0.2, 0.25) is 0 Å². The summed E-state index contributed by atoms with van der Waals surface area (Å²) in [6, 6.07) is 7.08. The smallest absolute Gasteiger partial charge is 0.252 e. The van der Waals surface area contributed by atoms with Gasteiger partial charge in [0.1, 0.15) is 5.58 Å². The molecule has 1 fully saturated rings. The number of carbonyl (C=O) groups is 2. The molecule has 1 heterocycles. The number of benzene rings is 1. The normalized spacial score (nSPS) is 16.0. The second-order valence-electron chi connectivity index (χ2n) is 5.19. The van der Waals surface area contributed by atoms with Gasteiger partial charge >= 0.3 is 0 Å². The van der Waals surface area contributed by atoms with Crippen molar-refractivity contribution < 1.29 is 14.0 Å². The van der Waals surface area contributed by atoms with E-state index in [0.717, 1.165) is 18.2 Å². The molecule has 1 saturated carbocycles. The highest BCUT2D eigenvalue weighted by Crippen LogP contribution is 2.36. The summed E-state index contributed by atoms with van der Waals surface area (Å²) >= 11 is 0. The van der Waals surface area contributed by atoms with Gasteiger partial charge in [0.15, 0.2) is 0 Å². The van der Waals surface area contributed by atoms with Crippen LogP contribution in [-0.2, 0) is 4.79 Å². The van der Waals surface area contributed by atoms with E-state index in [9.17, 15) is 9.59 Å². The van der Waals surface area contributed by atoms with Crippen molar-refractivity contribution in [2.45, 2.75) is 12.8 Å². The molecule has 0 saturated heterocycles. The maximum absolute atomic E-state index is 12.2. The molecular weight excluding hydrogens is 256 g/mol. The predicted octanol–water partition coefficient (Wildman–Crippen LogP) is 1.67. The van der Waals surface area contributed by atoms with Gasteiger partial charge in [0.25, 0.3) is 5.91 Å². The second-order valence-corrected chi connectivity index (χ2v) is 5.19. The Hall–Kier alpha value is -2.30. The van der Waals surface area contributed by atoms with Gasteiger partial charge in [-0.25, -0.2) is 0 Å². The van der Waals surface area contributed by atoms with Crippen LogP contribution in [0.3, 0.4) is 0 Å². The summed E-state index contributed by atoms with van der Waals surface area (Å²) in [4.78, 5) is 23.6. The summed E-state index contributed by atoms with van der Waals surface area (Å²) in [6.07, 6.45) is 3.58. The molecular formula is C15H16N2O3. The van der Waals surface area contributed by atoms with Crippen molar-refractivity contribution >= 4 is 22.8 Å². The fourth-order valence-electron chi connectivity index (χ4n) is 2.49. The Morgan fingerprint density at radius 3 is 2.85 bits per heavy atom. The van der Waals surface area contributed by atoms with E-state index >= 15 is 0 Å². The summed E-state index contributed by atoms with van der Waals surface area (Å²) in [6.45, 7) is 0.299. The lowest BCUT2D eigenvalue weighted by molar-refractivity contribution is -0.122. The minimum atomic E-state index is -0.339. The topological polar surface area (TPSA) is 85.3 Å². The van der Waals surface area contributed by atoms with E-state index in [-0.39, 0.29) is 17.7 Å². The molecule has 1 aliphatic rings. The predicted molar refractivity (Wildman–Crippen MR) is 74.0 cm³/mol. The third-order valence-corrected chi connectivity index (χ3v) is 3.78. The van der Waals surface area contributed by atoms with Crippen LogP contribution >= 0.6 is 0 Å². The number of nitrogens with one attached hydrogen (secondary N) is 1. The first-order valence-electron chi connectivity index (χ1n) is 6.70. The fraction of sp³-hybridized carbons (Fsp3) is 0.333. The summed E-state index contributed by atoms with van der Waals surface area (Å²) in [5.41, 5.74) is 6.59. The Kier molecular flexibility index (Phi) is 3.18. The van der Waals surface area contributed by atoms with Crippen LogP contribution in [0.1, 0.15) is 23.2 Å². The number of hydrogen-bond acceptors (Lipinski definition) is 3. The van der Waals surface area contributed by atoms with E-state index in [1.165, 1.54) is 0 Å². The number of nitrogens with two attached hydrogens (primary N) is 1. The highest BCUT2D eigenvalue weighted by atomic mass is 16.3. The molecule has 1 aromatic heterocycles. The van der Waals surface area contributed by atoms with Gasteiger partial charge < -0.3 is 15.5 Å². The molecule has 0 spiro atoms. The lowest BCUT2D eigenvalue weighted by Gasteiger charge is -2.13. The number of furan rings is 1. The number of amides is 2. The third-order valence-electron chi connectivity index (χ3n) is 3.78. The van der Waals surface area contributed by atoms with Crippen molar-refractivity contribution in [3.05, 3.63) is 36.1 Å². The number of fused-ring (bicyclic) bond motifs is 1. The Morgan fingerprint density at radius 2 is 2.15 bits per heavy atom. The van der Waals surface area contributed by atoms with Crippen LogP contribution in [0.25, 0.3) is 11.0 Å². The van der Waals surface area contributed by atoms with Crippen LogP contribution in [0.15, 0.2) is 34.9 Å². The molecule has 5 heteroatoms. The molecule has 1 aliphatic carbocycles. The van der Waals surface area contributed by atoms with E-state index in [1.807, 2.05) is 6.07 Å². The number of rotatable bonds is 5. The molecule has 3 rings (SSSR count). The highest BCUT2D eigenvalue weighted by molar-refractivity contribution is 6.06. The molecule has 20 heavy (non-hydrogen) atoms. The minimum Gasteiger partial charge on any atom is -0.464 e. The van der Waals surface area contributed by atoms with Gasteiger partial charge in [0, 0.05) is 11.9 Å². The Labute approximate surface area is 116 Å². The summed E-state index contributed by atoms with van der Waals surface area (Å²) in [5, 5.41) is 3.57. The van der Waals surface area contributed by atoms with Gasteiger partial charge in [-0.2, -0.15) is 0 Å². The fourth-order valence-corrected chi connectivity index (χ4v) is 2.49. The minimum absolute atomic E-state index is 0.205. The Bertz CT molecular complexity index is 658. The maximum atomic E-state index is 12.2. The van der Waals surface area contributed by atoms with E-state index in [4.69, 9.17) is 10.2 Å². The van der Waals surface area contributed by atoms with Gasteiger partial charge in [-0.3, -0.25) is 9.59 Å². The van der Waals surface area contributed by atoms with Crippen LogP contribution in [0.5, 0.6) is 0 Å². The van der Waals surface area contributed by atoms with Crippen molar-refractivity contribution in [3.63, 3.8) is 0 Å². The SMILES string of the molecule is NC(=O)[C@@H](CNC(=O)c1cccc2occc12)C1CC1. The average Bonchev–Trinajstić information content (AvgIpc) is 3.14. The molecule has 0 radical (unpaired) electrons. The van der Waals surface area contributed by atoms with Crippen molar-refractivity contribution in [2.24, 2.45) is 17.6 Å². The van der Waals surface area contributed by atoms with Gasteiger partial charge in [-0.15, -0.1) is 0 Å². The standard InChI is InChI=1S/C15H16N2O3/c16-14(18)12(9-4-5-9)8-17-15(19)11-2-1-3-13-10(11)6-7-20-13/h1-3,6-7,9,12H,4-5,8H2,(H2,16,18)(H,17,19)/t12-/m0/s1. The molecule has 5 nitrogen and oxygen atoms in total. The second kappa shape index (κ2) is 5.00. The van der Waals surface area contributed by atoms with Crippen molar-refractivity contribution in [1.29, 1.82) is 0 Å². The van der Waals surface area contributed by atoms with Gasteiger partial charge in [0.05, 0.1) is 17.7 Å². The highest BCUT2D eigenvalue weighted by Gasteiger charge is 2.35. The van der Waals surface area contributed by atoms with Crippen LogP contribution in [0.4, 0.5) is 0 Å². The van der Waals surface area contributed by atoms with E-state index in [2.05, 4.69) is 5.32 Å². The van der Waals surface area contributed by atoms with E-state index in [1.54, 1.807) is 24.5 Å². The summed E-state index contributed by atoms with van der Waals surface area (Å²) in [7, 11) is 0. The van der Waals surface area contributed by atoms with E-state index in [0.29, 0.717) is 23.6 Å². The summed E-state index contributed by atoms with van der Waals surface area (Å²) in [5.74, 6) is -0.474. The average molecular weight is 272 g/mol. The van der Waals surface area contributed by atoms with Crippen molar-refractivity contribution in [2.75, 3.05) is 6.54 Å². The maximum Gasteiger partial charge on any atom is 0.252 e. The van der Waals surface area contributed by atoms with Crippen LogP contribution < -0.4 is 11.1 Å². The Balaban J connectivity index is 1.73. The zero-order valence-electron chi connectivity index (χ0n) is 11.0. The molecule has 104 valence electrons. The largest absolute Gasteiger partial charge is 0.464 e. The zero-order chi connectivity index (χ0) is 14.1. The lowest BCUT2D eigenvalue weighted by Crippen LogP contribution is -2.37. The van der Waals surface area contributed by atoms with Gasteiger partial charge in [-0.05, 0) is 37.0 Å². The molecule has 2 aromatic rings. The van der Waals surface area contributed by atoms with Gasteiger partial charge in [-0.1, -0.05) is 6.07 Å². The number of hydrogen-bond donors (Lipinski definition) is 2. The quantitative estimate of drug-likeness (QED) is 0.868. The number of carbonyl (C=O) groups excluding carboxylic acids is 2. The first-order valence-corrected chi connectivity index (χ1v) is 6.70. The third kappa shape index (κ3) is 2.39. The molecule has 1 atom stereocenters. The zero-order valence-corrected chi connectivity index (χ0v) is 11.0. The lowest BCUT2D eigenvalue weighted by atomic mass is 10.0. The molecule has 0 aliphatic heterocycles. The van der Waals surface area contributed by atoms with Gasteiger partial charge in [0.2, 0.25) is 5.91 Å². The molecule has 1 aromatic carbocycles. The van der Waals surface area contributed by atoms with E-state index < -0.39 is 0 Å². The first-order chi connectivity index (χ1) is 9.66.